The monoisotopic (exact) mass is 403 g/mol. The van der Waals surface area contributed by atoms with Crippen LogP contribution in [0.4, 0.5) is 4.79 Å². The lowest BCUT2D eigenvalue weighted by molar-refractivity contribution is -0.123. The van der Waals surface area contributed by atoms with Crippen LogP contribution in [0.5, 0.6) is 0 Å². The van der Waals surface area contributed by atoms with E-state index in [-0.39, 0.29) is 6.54 Å². The molecule has 1 aromatic heterocycles. The maximum atomic E-state index is 12.4. The van der Waals surface area contributed by atoms with Crippen molar-refractivity contribution in [1.82, 2.24) is 15.8 Å². The molecule has 0 spiro atoms. The SMILES string of the molecule is C=CCNC(=O)NC(=O)COC(=O)c1ccccc1SCc1c(C)noc1C. The summed E-state index contributed by atoms with van der Waals surface area (Å²) in [5, 5.41) is 8.36. The highest BCUT2D eigenvalue weighted by Crippen LogP contribution is 2.29. The molecule has 28 heavy (non-hydrogen) atoms. The third-order valence-corrected chi connectivity index (χ3v) is 4.75. The van der Waals surface area contributed by atoms with Crippen LogP contribution in [0.15, 0.2) is 46.3 Å². The Bertz CT molecular complexity index is 859. The molecule has 3 amide bonds. The Labute approximate surface area is 166 Å². The van der Waals surface area contributed by atoms with Crippen LogP contribution >= 0.6 is 11.8 Å². The third kappa shape index (κ3) is 5.98. The summed E-state index contributed by atoms with van der Waals surface area (Å²) in [7, 11) is 0. The first-order valence-electron chi connectivity index (χ1n) is 8.41. The van der Waals surface area contributed by atoms with Crippen molar-refractivity contribution in [1.29, 1.82) is 0 Å². The molecule has 2 N–H and O–H groups in total. The highest BCUT2D eigenvalue weighted by molar-refractivity contribution is 7.98. The predicted octanol–water partition coefficient (Wildman–Crippen LogP) is 2.75. The summed E-state index contributed by atoms with van der Waals surface area (Å²) < 4.78 is 10.2. The Balaban J connectivity index is 1.94. The van der Waals surface area contributed by atoms with Gasteiger partial charge in [-0.25, -0.2) is 9.59 Å². The highest BCUT2D eigenvalue weighted by atomic mass is 32.2. The maximum Gasteiger partial charge on any atom is 0.339 e. The van der Waals surface area contributed by atoms with Gasteiger partial charge < -0.3 is 14.6 Å². The number of ether oxygens (including phenoxy) is 1. The Morgan fingerprint density at radius 1 is 1.29 bits per heavy atom. The summed E-state index contributed by atoms with van der Waals surface area (Å²) in [4.78, 5) is 36.2. The molecule has 0 atom stereocenters. The van der Waals surface area contributed by atoms with Crippen LogP contribution < -0.4 is 10.6 Å². The first kappa shape index (κ1) is 21.2. The summed E-state index contributed by atoms with van der Waals surface area (Å²) in [6.45, 7) is 6.79. The van der Waals surface area contributed by atoms with E-state index >= 15 is 0 Å². The number of nitrogens with zero attached hydrogens (tertiary/aromatic N) is 1. The van der Waals surface area contributed by atoms with Gasteiger partial charge in [0.25, 0.3) is 5.91 Å². The Kier molecular flexibility index (Phi) is 7.82. The summed E-state index contributed by atoms with van der Waals surface area (Å²) in [5.41, 5.74) is 2.11. The number of imide groups is 1. The number of hydrogen-bond acceptors (Lipinski definition) is 7. The zero-order valence-corrected chi connectivity index (χ0v) is 16.4. The molecule has 8 nitrogen and oxygen atoms in total. The number of hydrogen-bond donors (Lipinski definition) is 2. The number of urea groups is 1. The number of carbonyl (C=O) groups is 3. The van der Waals surface area contributed by atoms with Gasteiger partial charge in [0.05, 0.1) is 11.3 Å². The number of rotatable bonds is 8. The molecule has 0 aliphatic carbocycles. The van der Waals surface area contributed by atoms with E-state index in [0.29, 0.717) is 16.2 Å². The van der Waals surface area contributed by atoms with Crippen LogP contribution in [0.1, 0.15) is 27.4 Å². The highest BCUT2D eigenvalue weighted by Gasteiger charge is 2.17. The average Bonchev–Trinajstić information content (AvgIpc) is 3.00. The molecule has 0 saturated carbocycles. The number of carbonyl (C=O) groups excluding carboxylic acids is 3. The molecule has 9 heteroatoms. The molecule has 0 bridgehead atoms. The smallest absolute Gasteiger partial charge is 0.339 e. The van der Waals surface area contributed by atoms with Gasteiger partial charge in [0.2, 0.25) is 0 Å². The van der Waals surface area contributed by atoms with Crippen molar-refractivity contribution < 1.29 is 23.6 Å². The van der Waals surface area contributed by atoms with Crippen LogP contribution in [-0.4, -0.2) is 36.2 Å². The molecule has 2 aromatic rings. The fourth-order valence-electron chi connectivity index (χ4n) is 2.20. The first-order valence-corrected chi connectivity index (χ1v) is 9.40. The fraction of sp³-hybridized carbons (Fsp3) is 0.263. The minimum Gasteiger partial charge on any atom is -0.452 e. The van der Waals surface area contributed by atoms with Crippen molar-refractivity contribution in [2.75, 3.05) is 13.2 Å². The van der Waals surface area contributed by atoms with E-state index in [1.54, 1.807) is 18.2 Å². The van der Waals surface area contributed by atoms with Gasteiger partial charge in [-0.1, -0.05) is 23.4 Å². The molecule has 0 unspecified atom stereocenters. The van der Waals surface area contributed by atoms with Gasteiger partial charge in [-0.05, 0) is 26.0 Å². The Hall–Kier alpha value is -3.07. The van der Waals surface area contributed by atoms with E-state index < -0.39 is 24.5 Å². The number of aryl methyl sites for hydroxylation is 2. The van der Waals surface area contributed by atoms with E-state index in [2.05, 4.69) is 22.4 Å². The number of nitrogens with one attached hydrogen (secondary N) is 2. The zero-order chi connectivity index (χ0) is 20.5. The van der Waals surface area contributed by atoms with Crippen molar-refractivity contribution in [3.63, 3.8) is 0 Å². The van der Waals surface area contributed by atoms with Gasteiger partial charge in [0, 0.05) is 22.8 Å². The molecule has 0 aliphatic rings. The molecule has 2 rings (SSSR count). The summed E-state index contributed by atoms with van der Waals surface area (Å²) in [5.74, 6) is -0.0640. The molecular formula is C19H21N3O5S. The van der Waals surface area contributed by atoms with E-state index in [9.17, 15) is 14.4 Å². The van der Waals surface area contributed by atoms with Gasteiger partial charge in [0.1, 0.15) is 5.76 Å². The van der Waals surface area contributed by atoms with E-state index in [0.717, 1.165) is 17.0 Å². The molecular weight excluding hydrogens is 382 g/mol. The Morgan fingerprint density at radius 2 is 2.04 bits per heavy atom. The summed E-state index contributed by atoms with van der Waals surface area (Å²) >= 11 is 1.44. The third-order valence-electron chi connectivity index (χ3n) is 3.65. The molecule has 1 heterocycles. The minimum absolute atomic E-state index is 0.217. The minimum atomic E-state index is -0.726. The molecule has 148 valence electrons. The number of aromatic nitrogens is 1. The van der Waals surface area contributed by atoms with Crippen molar-refractivity contribution in [2.45, 2.75) is 24.5 Å². The average molecular weight is 403 g/mol. The molecule has 0 aliphatic heterocycles. The van der Waals surface area contributed by atoms with Gasteiger partial charge in [0.15, 0.2) is 6.61 Å². The van der Waals surface area contributed by atoms with Gasteiger partial charge in [-0.3, -0.25) is 10.1 Å². The predicted molar refractivity (Wildman–Crippen MR) is 104 cm³/mol. The second kappa shape index (κ2) is 10.3. The van der Waals surface area contributed by atoms with E-state index in [4.69, 9.17) is 9.26 Å². The number of thioether (sulfide) groups is 1. The van der Waals surface area contributed by atoms with E-state index in [1.807, 2.05) is 19.9 Å². The lowest BCUT2D eigenvalue weighted by Crippen LogP contribution is -2.41. The van der Waals surface area contributed by atoms with Crippen LogP contribution in [0.3, 0.4) is 0 Å². The van der Waals surface area contributed by atoms with Crippen molar-refractivity contribution >= 4 is 29.7 Å². The second-order valence-corrected chi connectivity index (χ2v) is 6.73. The fourth-order valence-corrected chi connectivity index (χ4v) is 3.39. The summed E-state index contributed by atoms with van der Waals surface area (Å²) in [6.07, 6.45) is 1.47. The molecule has 1 aromatic carbocycles. The van der Waals surface area contributed by atoms with Crippen molar-refractivity contribution in [3.05, 3.63) is 59.5 Å². The van der Waals surface area contributed by atoms with Crippen LogP contribution in [0.2, 0.25) is 0 Å². The maximum absolute atomic E-state index is 12.4. The van der Waals surface area contributed by atoms with Crippen LogP contribution in [0, 0.1) is 13.8 Å². The lowest BCUT2D eigenvalue weighted by Gasteiger charge is -2.09. The Morgan fingerprint density at radius 3 is 2.71 bits per heavy atom. The van der Waals surface area contributed by atoms with Crippen LogP contribution in [-0.2, 0) is 15.3 Å². The van der Waals surface area contributed by atoms with Crippen molar-refractivity contribution in [2.24, 2.45) is 0 Å². The zero-order valence-electron chi connectivity index (χ0n) is 15.6. The number of benzene rings is 1. The number of esters is 1. The first-order chi connectivity index (χ1) is 13.4. The van der Waals surface area contributed by atoms with E-state index in [1.165, 1.54) is 17.8 Å². The topological polar surface area (TPSA) is 111 Å². The summed E-state index contributed by atoms with van der Waals surface area (Å²) in [6, 6.07) is 6.24. The normalized spacial score (nSPS) is 10.2. The standard InChI is InChI=1S/C19H21N3O5S/c1-4-9-20-19(25)21-17(23)10-26-18(24)14-7-5-6-8-16(14)28-11-15-12(2)22-27-13(15)3/h4-8H,1,9-11H2,2-3H3,(H2,20,21,23,25). The van der Waals surface area contributed by atoms with Gasteiger partial charge in [-0.2, -0.15) is 0 Å². The van der Waals surface area contributed by atoms with Gasteiger partial charge >= 0.3 is 12.0 Å². The number of amides is 3. The quantitative estimate of drug-likeness (QED) is 0.396. The second-order valence-electron chi connectivity index (χ2n) is 5.71. The van der Waals surface area contributed by atoms with Gasteiger partial charge in [-0.15, -0.1) is 18.3 Å². The molecule has 0 fully saturated rings. The lowest BCUT2D eigenvalue weighted by atomic mass is 10.2. The largest absolute Gasteiger partial charge is 0.452 e. The molecule has 0 saturated heterocycles. The van der Waals surface area contributed by atoms with Crippen LogP contribution in [0.25, 0.3) is 0 Å². The van der Waals surface area contributed by atoms with Crippen molar-refractivity contribution in [3.8, 4) is 0 Å². The molecule has 0 radical (unpaired) electrons.